The molecule has 16 heavy (non-hydrogen) atoms. The van der Waals surface area contributed by atoms with Crippen molar-refractivity contribution in [2.24, 2.45) is 0 Å². The van der Waals surface area contributed by atoms with E-state index in [2.05, 4.69) is 4.90 Å². The number of amides is 2. The van der Waals surface area contributed by atoms with Crippen LogP contribution in [0.25, 0.3) is 0 Å². The van der Waals surface area contributed by atoms with E-state index in [1.807, 2.05) is 11.9 Å². The standard InChI is InChI=1S/C10H17N3O3/c1-11-2-4-12(5-3-11)9(14)8-13-6-7-16-10(13)15/h2-8H2,1H3. The molecule has 0 bridgehead atoms. The highest BCUT2D eigenvalue weighted by Crippen LogP contribution is 2.05. The minimum absolute atomic E-state index is 0.0203. The van der Waals surface area contributed by atoms with Gasteiger partial charge in [-0.25, -0.2) is 4.79 Å². The first-order valence-corrected chi connectivity index (χ1v) is 5.55. The summed E-state index contributed by atoms with van der Waals surface area (Å²) in [5, 5.41) is 0. The Kier molecular flexibility index (Phi) is 3.28. The lowest BCUT2D eigenvalue weighted by Crippen LogP contribution is -2.50. The van der Waals surface area contributed by atoms with Gasteiger partial charge in [0.1, 0.15) is 13.2 Å². The molecule has 0 unspecified atom stereocenters. The first-order chi connectivity index (χ1) is 7.66. The molecule has 0 aromatic rings. The van der Waals surface area contributed by atoms with Crippen LogP contribution in [0.1, 0.15) is 0 Å². The van der Waals surface area contributed by atoms with E-state index in [9.17, 15) is 9.59 Å². The maximum Gasteiger partial charge on any atom is 0.410 e. The molecule has 2 saturated heterocycles. The lowest BCUT2D eigenvalue weighted by Gasteiger charge is -2.33. The van der Waals surface area contributed by atoms with Crippen molar-refractivity contribution >= 4 is 12.0 Å². The molecule has 2 fully saturated rings. The van der Waals surface area contributed by atoms with Crippen molar-refractivity contribution in [3.63, 3.8) is 0 Å². The second-order valence-electron chi connectivity index (χ2n) is 4.22. The Hall–Kier alpha value is -1.30. The van der Waals surface area contributed by atoms with Gasteiger partial charge in [0, 0.05) is 26.2 Å². The fourth-order valence-corrected chi connectivity index (χ4v) is 1.89. The predicted octanol–water partition coefficient (Wildman–Crippen LogP) is -0.787. The molecule has 0 N–H and O–H groups in total. The highest BCUT2D eigenvalue weighted by molar-refractivity contribution is 5.83. The van der Waals surface area contributed by atoms with E-state index in [-0.39, 0.29) is 18.5 Å². The van der Waals surface area contributed by atoms with Gasteiger partial charge < -0.3 is 14.5 Å². The summed E-state index contributed by atoms with van der Waals surface area (Å²) in [4.78, 5) is 28.5. The van der Waals surface area contributed by atoms with Crippen molar-refractivity contribution in [3.8, 4) is 0 Å². The molecule has 2 amide bonds. The van der Waals surface area contributed by atoms with Gasteiger partial charge >= 0.3 is 6.09 Å². The van der Waals surface area contributed by atoms with Gasteiger partial charge in [-0.05, 0) is 7.05 Å². The van der Waals surface area contributed by atoms with Crippen LogP contribution < -0.4 is 0 Å². The minimum atomic E-state index is -0.373. The smallest absolute Gasteiger partial charge is 0.410 e. The fourth-order valence-electron chi connectivity index (χ4n) is 1.89. The van der Waals surface area contributed by atoms with Crippen molar-refractivity contribution in [2.45, 2.75) is 0 Å². The van der Waals surface area contributed by atoms with Gasteiger partial charge in [-0.2, -0.15) is 0 Å². The molecular formula is C10H17N3O3. The lowest BCUT2D eigenvalue weighted by atomic mass is 10.3. The number of hydrogen-bond acceptors (Lipinski definition) is 4. The number of hydrogen-bond donors (Lipinski definition) is 0. The van der Waals surface area contributed by atoms with Gasteiger partial charge in [0.15, 0.2) is 0 Å². The number of carbonyl (C=O) groups is 2. The molecule has 2 aliphatic rings. The third-order valence-electron chi connectivity index (χ3n) is 3.03. The van der Waals surface area contributed by atoms with Gasteiger partial charge in [-0.15, -0.1) is 0 Å². The summed E-state index contributed by atoms with van der Waals surface area (Å²) in [7, 11) is 2.04. The van der Waals surface area contributed by atoms with Gasteiger partial charge in [0.05, 0.1) is 6.54 Å². The van der Waals surface area contributed by atoms with Crippen molar-refractivity contribution < 1.29 is 14.3 Å². The number of likely N-dealkylation sites (N-methyl/N-ethyl adjacent to an activating group) is 1. The molecule has 2 heterocycles. The van der Waals surface area contributed by atoms with Gasteiger partial charge in [-0.1, -0.05) is 0 Å². The van der Waals surface area contributed by atoms with Gasteiger partial charge in [0.2, 0.25) is 5.91 Å². The maximum atomic E-state index is 11.9. The molecule has 0 aliphatic carbocycles. The van der Waals surface area contributed by atoms with E-state index in [1.54, 1.807) is 0 Å². The molecule has 0 saturated carbocycles. The van der Waals surface area contributed by atoms with E-state index >= 15 is 0 Å². The highest BCUT2D eigenvalue weighted by Gasteiger charge is 2.27. The van der Waals surface area contributed by atoms with Gasteiger partial charge in [-0.3, -0.25) is 9.69 Å². The number of carbonyl (C=O) groups excluding carboxylic acids is 2. The number of cyclic esters (lactones) is 1. The zero-order valence-electron chi connectivity index (χ0n) is 9.52. The summed E-state index contributed by atoms with van der Waals surface area (Å²) in [6, 6.07) is 0. The average molecular weight is 227 g/mol. The first kappa shape index (κ1) is 11.2. The van der Waals surface area contributed by atoms with Crippen molar-refractivity contribution in [3.05, 3.63) is 0 Å². The molecule has 2 rings (SSSR count). The number of ether oxygens (including phenoxy) is 1. The summed E-state index contributed by atoms with van der Waals surface area (Å²) in [6.07, 6.45) is -0.373. The normalized spacial score (nSPS) is 22.4. The third kappa shape index (κ3) is 2.44. The Morgan fingerprint density at radius 3 is 2.50 bits per heavy atom. The summed E-state index contributed by atoms with van der Waals surface area (Å²) in [5.41, 5.74) is 0. The number of nitrogens with zero attached hydrogens (tertiary/aromatic N) is 3. The van der Waals surface area contributed by atoms with Crippen LogP contribution in [-0.2, 0) is 9.53 Å². The zero-order valence-corrected chi connectivity index (χ0v) is 9.52. The van der Waals surface area contributed by atoms with Crippen LogP contribution in [-0.4, -0.2) is 79.6 Å². The number of rotatable bonds is 2. The van der Waals surface area contributed by atoms with E-state index in [1.165, 1.54) is 4.90 Å². The zero-order chi connectivity index (χ0) is 11.5. The quantitative estimate of drug-likeness (QED) is 0.620. The van der Waals surface area contributed by atoms with E-state index in [4.69, 9.17) is 4.74 Å². The monoisotopic (exact) mass is 227 g/mol. The van der Waals surface area contributed by atoms with Crippen LogP contribution >= 0.6 is 0 Å². The summed E-state index contributed by atoms with van der Waals surface area (Å²) in [6.45, 7) is 4.37. The second kappa shape index (κ2) is 4.69. The highest BCUT2D eigenvalue weighted by atomic mass is 16.6. The topological polar surface area (TPSA) is 53.1 Å². The Labute approximate surface area is 94.7 Å². The Morgan fingerprint density at radius 1 is 1.25 bits per heavy atom. The summed E-state index contributed by atoms with van der Waals surface area (Å²) < 4.78 is 4.78. The molecule has 0 spiro atoms. The molecule has 0 radical (unpaired) electrons. The molecule has 0 aromatic heterocycles. The summed E-state index contributed by atoms with van der Waals surface area (Å²) in [5.74, 6) is 0.0203. The van der Waals surface area contributed by atoms with Crippen LogP contribution in [0, 0.1) is 0 Å². The fraction of sp³-hybridized carbons (Fsp3) is 0.800. The first-order valence-electron chi connectivity index (χ1n) is 5.55. The Balaban J connectivity index is 1.81. The molecule has 6 heteroatoms. The van der Waals surface area contributed by atoms with Crippen LogP contribution in [0.4, 0.5) is 4.79 Å². The number of piperazine rings is 1. The molecule has 6 nitrogen and oxygen atoms in total. The van der Waals surface area contributed by atoms with E-state index in [0.29, 0.717) is 13.2 Å². The average Bonchev–Trinajstić information content (AvgIpc) is 2.65. The Bertz CT molecular complexity index is 287. The Morgan fingerprint density at radius 2 is 1.94 bits per heavy atom. The molecule has 2 aliphatic heterocycles. The third-order valence-corrected chi connectivity index (χ3v) is 3.03. The lowest BCUT2D eigenvalue weighted by molar-refractivity contribution is -0.133. The SMILES string of the molecule is CN1CCN(C(=O)CN2CCOC2=O)CC1. The van der Waals surface area contributed by atoms with Crippen molar-refractivity contribution in [1.82, 2.24) is 14.7 Å². The molecule has 0 atom stereocenters. The second-order valence-corrected chi connectivity index (χ2v) is 4.22. The van der Waals surface area contributed by atoms with Crippen LogP contribution in [0.3, 0.4) is 0 Å². The van der Waals surface area contributed by atoms with E-state index < -0.39 is 0 Å². The molecular weight excluding hydrogens is 210 g/mol. The van der Waals surface area contributed by atoms with E-state index in [0.717, 1.165) is 26.2 Å². The van der Waals surface area contributed by atoms with Crippen molar-refractivity contribution in [2.75, 3.05) is 52.9 Å². The largest absolute Gasteiger partial charge is 0.448 e. The molecule has 90 valence electrons. The van der Waals surface area contributed by atoms with Crippen molar-refractivity contribution in [1.29, 1.82) is 0 Å². The predicted molar refractivity (Wildman–Crippen MR) is 57.0 cm³/mol. The van der Waals surface area contributed by atoms with Crippen LogP contribution in [0.2, 0.25) is 0 Å². The summed E-state index contributed by atoms with van der Waals surface area (Å²) >= 11 is 0. The minimum Gasteiger partial charge on any atom is -0.448 e. The van der Waals surface area contributed by atoms with Gasteiger partial charge in [0.25, 0.3) is 0 Å². The van der Waals surface area contributed by atoms with Crippen LogP contribution in [0.5, 0.6) is 0 Å². The molecule has 0 aromatic carbocycles. The van der Waals surface area contributed by atoms with Crippen LogP contribution in [0.15, 0.2) is 0 Å². The maximum absolute atomic E-state index is 11.9.